The van der Waals surface area contributed by atoms with Crippen molar-refractivity contribution in [3.63, 3.8) is 0 Å². The summed E-state index contributed by atoms with van der Waals surface area (Å²) >= 11 is 0. The van der Waals surface area contributed by atoms with Crippen LogP contribution in [-0.4, -0.2) is 29.3 Å². The van der Waals surface area contributed by atoms with Gasteiger partial charge < -0.3 is 9.55 Å². The highest BCUT2D eigenvalue weighted by molar-refractivity contribution is 5.83. The fourth-order valence-electron chi connectivity index (χ4n) is 2.91. The summed E-state index contributed by atoms with van der Waals surface area (Å²) in [7, 11) is 3.50. The van der Waals surface area contributed by atoms with Crippen molar-refractivity contribution in [3.05, 3.63) is 62.9 Å². The van der Waals surface area contributed by atoms with Crippen LogP contribution in [0.15, 0.2) is 46.4 Å². The minimum atomic E-state index is -0.221. The van der Waals surface area contributed by atoms with Crippen molar-refractivity contribution in [1.82, 2.24) is 29.3 Å². The molecule has 0 spiro atoms. The van der Waals surface area contributed by atoms with E-state index in [9.17, 15) is 9.59 Å². The summed E-state index contributed by atoms with van der Waals surface area (Å²) in [6.07, 6.45) is 5.04. The van der Waals surface area contributed by atoms with E-state index in [4.69, 9.17) is 0 Å². The van der Waals surface area contributed by atoms with Gasteiger partial charge in [0.1, 0.15) is 17.1 Å². The average molecular weight is 348 g/mol. The van der Waals surface area contributed by atoms with E-state index in [1.807, 2.05) is 19.3 Å². The Morgan fingerprint density at radius 3 is 2.58 bits per heavy atom. The number of aromatic amines is 1. The van der Waals surface area contributed by atoms with Crippen molar-refractivity contribution in [2.24, 2.45) is 14.1 Å². The maximum Gasteiger partial charge on any atom is 0.253 e. The monoisotopic (exact) mass is 348 g/mol. The Bertz CT molecular complexity index is 1240. The summed E-state index contributed by atoms with van der Waals surface area (Å²) in [6.45, 7) is 1.74. The van der Waals surface area contributed by atoms with Gasteiger partial charge in [0, 0.05) is 49.9 Å². The number of hydrogen-bond acceptors (Lipinski definition) is 5. The van der Waals surface area contributed by atoms with E-state index >= 15 is 0 Å². The first kappa shape index (κ1) is 15.9. The zero-order valence-electron chi connectivity index (χ0n) is 14.5. The van der Waals surface area contributed by atoms with E-state index in [0.29, 0.717) is 33.9 Å². The fraction of sp³-hybridized carbons (Fsp3) is 0.167. The van der Waals surface area contributed by atoms with Crippen molar-refractivity contribution in [2.75, 3.05) is 0 Å². The highest BCUT2D eigenvalue weighted by atomic mass is 16.1. The van der Waals surface area contributed by atoms with Crippen LogP contribution in [-0.2, 0) is 14.1 Å². The Balaban J connectivity index is 2.10. The molecule has 0 saturated heterocycles. The van der Waals surface area contributed by atoms with Crippen LogP contribution in [0.2, 0.25) is 0 Å². The molecule has 4 aromatic rings. The van der Waals surface area contributed by atoms with Gasteiger partial charge in [0.05, 0.1) is 0 Å². The first-order valence-electron chi connectivity index (χ1n) is 8.01. The van der Waals surface area contributed by atoms with Gasteiger partial charge in [-0.05, 0) is 19.1 Å². The molecule has 4 heterocycles. The van der Waals surface area contributed by atoms with Crippen molar-refractivity contribution in [2.45, 2.75) is 6.92 Å². The second kappa shape index (κ2) is 5.76. The molecular formula is C18H16N6O2. The van der Waals surface area contributed by atoms with E-state index in [1.165, 1.54) is 16.8 Å². The molecule has 130 valence electrons. The smallest absolute Gasteiger partial charge is 0.253 e. The molecule has 8 nitrogen and oxygen atoms in total. The molecule has 0 atom stereocenters. The maximum absolute atomic E-state index is 12.2. The Hall–Kier alpha value is -3.55. The Labute approximate surface area is 147 Å². The van der Waals surface area contributed by atoms with Crippen LogP contribution in [0.1, 0.15) is 5.56 Å². The van der Waals surface area contributed by atoms with Crippen molar-refractivity contribution in [1.29, 1.82) is 0 Å². The molecule has 0 aliphatic rings. The lowest BCUT2D eigenvalue weighted by molar-refractivity contribution is 0.770. The van der Waals surface area contributed by atoms with E-state index in [0.717, 1.165) is 0 Å². The number of aryl methyl sites for hydroxylation is 3. The third kappa shape index (κ3) is 2.52. The Morgan fingerprint density at radius 1 is 1.08 bits per heavy atom. The summed E-state index contributed by atoms with van der Waals surface area (Å²) in [5.74, 6) is 0. The maximum atomic E-state index is 12.2. The molecule has 0 aromatic carbocycles. The van der Waals surface area contributed by atoms with Gasteiger partial charge in [-0.2, -0.15) is 5.10 Å². The molecule has 0 amide bonds. The van der Waals surface area contributed by atoms with Crippen LogP contribution in [0.5, 0.6) is 0 Å². The lowest BCUT2D eigenvalue weighted by atomic mass is 10.1. The van der Waals surface area contributed by atoms with Crippen molar-refractivity contribution in [3.8, 4) is 22.6 Å². The van der Waals surface area contributed by atoms with Crippen LogP contribution in [0, 0.1) is 6.92 Å². The van der Waals surface area contributed by atoms with Crippen LogP contribution < -0.4 is 11.0 Å². The summed E-state index contributed by atoms with van der Waals surface area (Å²) in [6, 6.07) is 4.99. The highest BCUT2D eigenvalue weighted by Crippen LogP contribution is 2.28. The molecule has 0 aliphatic heterocycles. The molecule has 1 N–H and O–H groups in total. The molecular weight excluding hydrogens is 332 g/mol. The number of pyridine rings is 2. The van der Waals surface area contributed by atoms with E-state index in [-0.39, 0.29) is 16.5 Å². The quantitative estimate of drug-likeness (QED) is 0.590. The third-order valence-corrected chi connectivity index (χ3v) is 4.18. The molecule has 26 heavy (non-hydrogen) atoms. The topological polar surface area (TPSA) is 98.5 Å². The number of nitrogens with one attached hydrogen (secondary N) is 1. The zero-order chi connectivity index (χ0) is 18.4. The van der Waals surface area contributed by atoms with E-state index < -0.39 is 0 Å². The van der Waals surface area contributed by atoms with Crippen LogP contribution in [0.3, 0.4) is 0 Å². The van der Waals surface area contributed by atoms with Gasteiger partial charge in [0.2, 0.25) is 5.43 Å². The molecule has 0 unspecified atom stereocenters. The summed E-state index contributed by atoms with van der Waals surface area (Å²) < 4.78 is 3.17. The summed E-state index contributed by atoms with van der Waals surface area (Å²) in [4.78, 5) is 36.4. The van der Waals surface area contributed by atoms with Crippen molar-refractivity contribution >= 4 is 11.2 Å². The molecule has 0 fully saturated rings. The predicted octanol–water partition coefficient (Wildman–Crippen LogP) is 1.39. The molecule has 8 heteroatoms. The zero-order valence-corrected chi connectivity index (χ0v) is 14.5. The summed E-state index contributed by atoms with van der Waals surface area (Å²) in [5, 5.41) is 4.41. The first-order chi connectivity index (χ1) is 12.4. The SMILES string of the molecule is Cc1cc(-c2nc3c(=O)cc[nH]c3nc2-c2ccn(C)n2)cn(C)c1=O. The highest BCUT2D eigenvalue weighted by Gasteiger charge is 2.17. The van der Waals surface area contributed by atoms with Gasteiger partial charge in [-0.3, -0.25) is 14.3 Å². The average Bonchev–Trinajstić information content (AvgIpc) is 3.05. The number of H-pyrrole nitrogens is 1. The van der Waals surface area contributed by atoms with Gasteiger partial charge in [-0.15, -0.1) is 0 Å². The van der Waals surface area contributed by atoms with Gasteiger partial charge in [0.15, 0.2) is 11.2 Å². The lowest BCUT2D eigenvalue weighted by Gasteiger charge is -2.10. The number of fused-ring (bicyclic) bond motifs is 1. The largest absolute Gasteiger partial charge is 0.345 e. The fourth-order valence-corrected chi connectivity index (χ4v) is 2.91. The van der Waals surface area contributed by atoms with Gasteiger partial charge in [-0.25, -0.2) is 9.97 Å². The number of aromatic nitrogens is 6. The Morgan fingerprint density at radius 2 is 1.88 bits per heavy atom. The molecule has 4 rings (SSSR count). The second-order valence-corrected chi connectivity index (χ2v) is 6.16. The second-order valence-electron chi connectivity index (χ2n) is 6.16. The molecule has 0 radical (unpaired) electrons. The first-order valence-corrected chi connectivity index (χ1v) is 8.01. The van der Waals surface area contributed by atoms with Crippen LogP contribution >= 0.6 is 0 Å². The van der Waals surface area contributed by atoms with Crippen LogP contribution in [0.4, 0.5) is 0 Å². The van der Waals surface area contributed by atoms with Crippen molar-refractivity contribution < 1.29 is 0 Å². The van der Waals surface area contributed by atoms with Gasteiger partial charge >= 0.3 is 0 Å². The van der Waals surface area contributed by atoms with Crippen LogP contribution in [0.25, 0.3) is 33.8 Å². The molecule has 0 aliphatic carbocycles. The lowest BCUT2D eigenvalue weighted by Crippen LogP contribution is -2.18. The number of rotatable bonds is 2. The molecule has 4 aromatic heterocycles. The van der Waals surface area contributed by atoms with Gasteiger partial charge in [0.25, 0.3) is 5.56 Å². The summed E-state index contributed by atoms with van der Waals surface area (Å²) in [5.41, 5.74) is 3.29. The minimum absolute atomic E-state index is 0.0836. The number of nitrogens with zero attached hydrogens (tertiary/aromatic N) is 5. The molecule has 0 bridgehead atoms. The number of hydrogen-bond donors (Lipinski definition) is 1. The van der Waals surface area contributed by atoms with E-state index in [2.05, 4.69) is 20.1 Å². The van der Waals surface area contributed by atoms with E-state index in [1.54, 1.807) is 30.9 Å². The molecule has 0 saturated carbocycles. The normalized spacial score (nSPS) is 11.2. The predicted molar refractivity (Wildman–Crippen MR) is 97.8 cm³/mol. The van der Waals surface area contributed by atoms with Gasteiger partial charge in [-0.1, -0.05) is 0 Å². The standard InChI is InChI=1S/C18H16N6O2/c1-10-8-11(9-23(2)18(10)26)14-15(12-5-7-24(3)22-12)21-17-16(20-14)13(25)4-6-19-17/h4-9H,1-3H3,(H,19,21,25). The Kier molecular flexibility index (Phi) is 3.54. The third-order valence-electron chi connectivity index (χ3n) is 4.18. The minimum Gasteiger partial charge on any atom is -0.345 e.